The molecule has 0 amide bonds. The molecule has 0 aliphatic carbocycles. The molecule has 0 spiro atoms. The Bertz CT molecular complexity index is 252. The monoisotopic (exact) mass is 272 g/mol. The first-order valence-electron chi connectivity index (χ1n) is 7.70. The van der Waals surface area contributed by atoms with Crippen LogP contribution in [0, 0.1) is 16.7 Å². The molecule has 1 atom stereocenters. The van der Waals surface area contributed by atoms with E-state index >= 15 is 0 Å². The zero-order valence-electron chi connectivity index (χ0n) is 14.8. The summed E-state index contributed by atoms with van der Waals surface area (Å²) in [6, 6.07) is 0. The third kappa shape index (κ3) is 5.07. The summed E-state index contributed by atoms with van der Waals surface area (Å²) in [5.41, 5.74) is 0.243. The van der Waals surface area contributed by atoms with E-state index in [4.69, 9.17) is 9.47 Å². The van der Waals surface area contributed by atoms with Crippen molar-refractivity contribution in [3.05, 3.63) is 0 Å². The highest BCUT2D eigenvalue weighted by atomic mass is 16.5. The summed E-state index contributed by atoms with van der Waals surface area (Å²) < 4.78 is 12.0. The van der Waals surface area contributed by atoms with E-state index in [0.717, 1.165) is 0 Å². The Morgan fingerprint density at radius 3 is 1.53 bits per heavy atom. The maximum atomic E-state index is 6.18. The van der Waals surface area contributed by atoms with Crippen molar-refractivity contribution >= 4 is 0 Å². The highest BCUT2D eigenvalue weighted by molar-refractivity contribution is 4.94. The molecule has 0 rings (SSSR count). The van der Waals surface area contributed by atoms with Crippen molar-refractivity contribution in [1.29, 1.82) is 0 Å². The van der Waals surface area contributed by atoms with Gasteiger partial charge in [-0.15, -0.1) is 0 Å². The van der Waals surface area contributed by atoms with Gasteiger partial charge in [-0.1, -0.05) is 41.5 Å². The van der Waals surface area contributed by atoms with Crippen LogP contribution in [0.4, 0.5) is 0 Å². The first-order chi connectivity index (χ1) is 8.42. The Morgan fingerprint density at radius 2 is 1.21 bits per heavy atom. The fraction of sp³-hybridized carbons (Fsp3) is 1.00. The van der Waals surface area contributed by atoms with E-state index in [0.29, 0.717) is 12.5 Å². The van der Waals surface area contributed by atoms with E-state index in [2.05, 4.69) is 69.2 Å². The Hall–Kier alpha value is -0.0800. The van der Waals surface area contributed by atoms with E-state index in [9.17, 15) is 0 Å². The van der Waals surface area contributed by atoms with Crippen LogP contribution in [0.25, 0.3) is 0 Å². The lowest BCUT2D eigenvalue weighted by Crippen LogP contribution is -2.49. The van der Waals surface area contributed by atoms with Gasteiger partial charge in [0.15, 0.2) is 0 Å². The number of hydrogen-bond donors (Lipinski definition) is 0. The summed E-state index contributed by atoms with van der Waals surface area (Å²) >= 11 is 0. The molecule has 1 unspecified atom stereocenters. The van der Waals surface area contributed by atoms with E-state index < -0.39 is 0 Å². The smallest absolute Gasteiger partial charge is 0.0868 e. The van der Waals surface area contributed by atoms with Crippen molar-refractivity contribution in [2.45, 2.75) is 87.5 Å². The minimum atomic E-state index is 0.0559. The number of ether oxygens (including phenoxy) is 2. The molecule has 0 aromatic rings. The first-order valence-corrected chi connectivity index (χ1v) is 7.70. The van der Waals surface area contributed by atoms with Gasteiger partial charge in [-0.25, -0.2) is 0 Å². The lowest BCUT2D eigenvalue weighted by Gasteiger charge is -2.49. The average molecular weight is 272 g/mol. The summed E-state index contributed by atoms with van der Waals surface area (Å²) in [5.74, 6) is 0.597. The van der Waals surface area contributed by atoms with Gasteiger partial charge in [0, 0.05) is 0 Å². The largest absolute Gasteiger partial charge is 0.376 e. The van der Waals surface area contributed by atoms with Gasteiger partial charge in [0.2, 0.25) is 0 Å². The molecule has 0 aromatic carbocycles. The van der Waals surface area contributed by atoms with Crippen LogP contribution >= 0.6 is 0 Å². The Labute approximate surface area is 121 Å². The van der Waals surface area contributed by atoms with Gasteiger partial charge in [0.25, 0.3) is 0 Å². The maximum Gasteiger partial charge on any atom is 0.0868 e. The van der Waals surface area contributed by atoms with Gasteiger partial charge in [0.1, 0.15) is 0 Å². The van der Waals surface area contributed by atoms with E-state index in [1.165, 1.54) is 0 Å². The second-order valence-electron chi connectivity index (χ2n) is 7.65. The normalized spacial score (nSPS) is 15.6. The highest BCUT2D eigenvalue weighted by Crippen LogP contribution is 2.47. The van der Waals surface area contributed by atoms with Gasteiger partial charge in [-0.05, 0) is 44.4 Å². The molecule has 0 radical (unpaired) electrons. The summed E-state index contributed by atoms with van der Waals surface area (Å²) in [4.78, 5) is 0. The van der Waals surface area contributed by atoms with Gasteiger partial charge >= 0.3 is 0 Å². The zero-order chi connectivity index (χ0) is 15.4. The van der Waals surface area contributed by atoms with Crippen LogP contribution in [-0.4, -0.2) is 24.9 Å². The standard InChI is InChI=1S/C17H36O2/c1-12(2)16(7,8)17(9,10)15(19-14(5)6)11-18-13(3)4/h12-15H,11H2,1-10H3. The van der Waals surface area contributed by atoms with E-state index in [1.807, 2.05) is 0 Å². The van der Waals surface area contributed by atoms with Crippen LogP contribution in [0.15, 0.2) is 0 Å². The van der Waals surface area contributed by atoms with Gasteiger partial charge in [0.05, 0.1) is 24.9 Å². The molecule has 0 saturated carbocycles. The summed E-state index contributed by atoms with van der Waals surface area (Å²) in [6.07, 6.45) is 0.589. The van der Waals surface area contributed by atoms with Crippen LogP contribution in [0.5, 0.6) is 0 Å². The van der Waals surface area contributed by atoms with Crippen LogP contribution in [0.1, 0.15) is 69.2 Å². The zero-order valence-corrected chi connectivity index (χ0v) is 14.8. The van der Waals surface area contributed by atoms with Gasteiger partial charge in [-0.2, -0.15) is 0 Å². The van der Waals surface area contributed by atoms with Crippen molar-refractivity contribution in [3.63, 3.8) is 0 Å². The Balaban J connectivity index is 5.09. The number of rotatable bonds is 8. The molecule has 0 aliphatic heterocycles. The summed E-state index contributed by atoms with van der Waals surface area (Å²) in [7, 11) is 0. The predicted octanol–water partition coefficient (Wildman–Crippen LogP) is 4.91. The van der Waals surface area contributed by atoms with Crippen LogP contribution in [0.3, 0.4) is 0 Å². The third-order valence-electron chi connectivity index (χ3n) is 4.93. The molecule has 116 valence electrons. The molecule has 2 nitrogen and oxygen atoms in total. The molecule has 0 N–H and O–H groups in total. The van der Waals surface area contributed by atoms with Crippen molar-refractivity contribution in [2.24, 2.45) is 16.7 Å². The Morgan fingerprint density at radius 1 is 0.737 bits per heavy atom. The molecule has 0 saturated heterocycles. The van der Waals surface area contributed by atoms with Crippen LogP contribution < -0.4 is 0 Å². The molecule has 19 heavy (non-hydrogen) atoms. The first kappa shape index (κ1) is 18.9. The molecule has 0 aliphatic rings. The fourth-order valence-electron chi connectivity index (χ4n) is 2.19. The molecule has 0 aromatic heterocycles. The minimum Gasteiger partial charge on any atom is -0.376 e. The lowest BCUT2D eigenvalue weighted by atomic mass is 9.59. The van der Waals surface area contributed by atoms with Gasteiger partial charge in [-0.3, -0.25) is 0 Å². The molecule has 2 heteroatoms. The van der Waals surface area contributed by atoms with Crippen LogP contribution in [0.2, 0.25) is 0 Å². The second kappa shape index (κ2) is 7.08. The Kier molecular flexibility index (Phi) is 7.05. The molecule has 0 fully saturated rings. The van der Waals surface area contributed by atoms with Crippen molar-refractivity contribution in [2.75, 3.05) is 6.61 Å². The highest BCUT2D eigenvalue weighted by Gasteiger charge is 2.45. The van der Waals surface area contributed by atoms with Crippen LogP contribution in [-0.2, 0) is 9.47 Å². The quantitative estimate of drug-likeness (QED) is 0.625. The SMILES string of the molecule is CC(C)OCC(OC(C)C)C(C)(C)C(C)(C)C(C)C. The predicted molar refractivity (Wildman–Crippen MR) is 83.5 cm³/mol. The number of hydrogen-bond acceptors (Lipinski definition) is 2. The van der Waals surface area contributed by atoms with Crippen molar-refractivity contribution in [3.8, 4) is 0 Å². The molecule has 0 heterocycles. The van der Waals surface area contributed by atoms with Crippen molar-refractivity contribution in [1.82, 2.24) is 0 Å². The fourth-order valence-corrected chi connectivity index (χ4v) is 2.19. The average Bonchev–Trinajstić information content (AvgIpc) is 2.22. The van der Waals surface area contributed by atoms with E-state index in [-0.39, 0.29) is 29.1 Å². The van der Waals surface area contributed by atoms with Gasteiger partial charge < -0.3 is 9.47 Å². The molecule has 0 bridgehead atoms. The maximum absolute atomic E-state index is 6.18. The summed E-state index contributed by atoms with van der Waals surface area (Å²) in [6.45, 7) is 22.9. The second-order valence-corrected chi connectivity index (χ2v) is 7.65. The van der Waals surface area contributed by atoms with E-state index in [1.54, 1.807) is 0 Å². The molecular weight excluding hydrogens is 236 g/mol. The lowest BCUT2D eigenvalue weighted by molar-refractivity contribution is -0.150. The summed E-state index contributed by atoms with van der Waals surface area (Å²) in [5, 5.41) is 0. The minimum absolute atomic E-state index is 0.0559. The third-order valence-corrected chi connectivity index (χ3v) is 4.93. The van der Waals surface area contributed by atoms with Crippen molar-refractivity contribution < 1.29 is 9.47 Å². The topological polar surface area (TPSA) is 18.5 Å². The molecular formula is C17H36O2.